The molecule has 0 bridgehead atoms. The summed E-state index contributed by atoms with van der Waals surface area (Å²) < 4.78 is 24.1. The van der Waals surface area contributed by atoms with E-state index in [1.54, 1.807) is 6.92 Å². The Morgan fingerprint density at radius 3 is 2.25 bits per heavy atom. The number of hydrogen-bond acceptors (Lipinski definition) is 3. The Balaban J connectivity index is 2.85. The second-order valence-electron chi connectivity index (χ2n) is 4.22. The molecule has 0 radical (unpaired) electrons. The van der Waals surface area contributed by atoms with Crippen LogP contribution in [0.25, 0.3) is 0 Å². The third kappa shape index (κ3) is 3.32. The van der Waals surface area contributed by atoms with Gasteiger partial charge in [0.25, 0.3) is 0 Å². The van der Waals surface area contributed by atoms with E-state index in [2.05, 4.69) is 0 Å². The Morgan fingerprint density at radius 2 is 1.75 bits per heavy atom. The van der Waals surface area contributed by atoms with Crippen LogP contribution in [-0.2, 0) is 9.84 Å². The third-order valence-corrected chi connectivity index (χ3v) is 5.11. The van der Waals surface area contributed by atoms with Crippen LogP contribution in [0.5, 0.6) is 0 Å². The smallest absolute Gasteiger partial charge is 0.157 e. The van der Waals surface area contributed by atoms with Crippen molar-refractivity contribution in [2.24, 2.45) is 11.7 Å². The second kappa shape index (κ2) is 5.46. The minimum absolute atomic E-state index is 0.0103. The van der Waals surface area contributed by atoms with Gasteiger partial charge in [-0.05, 0) is 24.9 Å². The van der Waals surface area contributed by atoms with Crippen LogP contribution in [0, 0.1) is 5.92 Å². The van der Waals surface area contributed by atoms with Gasteiger partial charge < -0.3 is 5.73 Å². The van der Waals surface area contributed by atoms with E-state index in [4.69, 9.17) is 5.73 Å². The summed E-state index contributed by atoms with van der Waals surface area (Å²) >= 11 is 0. The first-order valence-electron chi connectivity index (χ1n) is 5.44. The average Bonchev–Trinajstić information content (AvgIpc) is 2.28. The fraction of sp³-hybridized carbons (Fsp3) is 0.500. The molecule has 0 saturated heterocycles. The Morgan fingerprint density at radius 1 is 1.19 bits per heavy atom. The maximum atomic E-state index is 12.0. The van der Waals surface area contributed by atoms with Crippen LogP contribution in [0.3, 0.4) is 0 Å². The molecule has 3 nitrogen and oxygen atoms in total. The summed E-state index contributed by atoms with van der Waals surface area (Å²) in [6.07, 6.45) is 0. The molecule has 90 valence electrons. The summed E-state index contributed by atoms with van der Waals surface area (Å²) in [7, 11) is -3.10. The first kappa shape index (κ1) is 13.2. The van der Waals surface area contributed by atoms with Crippen molar-refractivity contribution < 1.29 is 8.42 Å². The Hall–Kier alpha value is -0.870. The SMILES string of the molecule is CC(CN)CS(=O)(=O)C(C)c1ccccc1. The molecule has 16 heavy (non-hydrogen) atoms. The molecule has 0 heterocycles. The zero-order valence-electron chi connectivity index (χ0n) is 9.76. The highest BCUT2D eigenvalue weighted by atomic mass is 32.2. The second-order valence-corrected chi connectivity index (χ2v) is 6.59. The Labute approximate surface area is 97.6 Å². The van der Waals surface area contributed by atoms with Crippen LogP contribution in [0.4, 0.5) is 0 Å². The molecule has 1 rings (SSSR count). The lowest BCUT2D eigenvalue weighted by atomic mass is 10.2. The van der Waals surface area contributed by atoms with Crippen molar-refractivity contribution in [3.05, 3.63) is 35.9 Å². The van der Waals surface area contributed by atoms with Crippen molar-refractivity contribution >= 4 is 9.84 Å². The van der Waals surface area contributed by atoms with E-state index in [1.807, 2.05) is 37.3 Å². The summed E-state index contributed by atoms with van der Waals surface area (Å²) in [5, 5.41) is -0.456. The van der Waals surface area contributed by atoms with Gasteiger partial charge >= 0.3 is 0 Å². The number of sulfone groups is 1. The van der Waals surface area contributed by atoms with Gasteiger partial charge in [-0.15, -0.1) is 0 Å². The zero-order chi connectivity index (χ0) is 12.2. The molecular formula is C12H19NO2S. The fourth-order valence-corrected chi connectivity index (χ4v) is 3.33. The Bertz CT molecular complexity index is 414. The van der Waals surface area contributed by atoms with Gasteiger partial charge in [0.05, 0.1) is 11.0 Å². The van der Waals surface area contributed by atoms with Crippen LogP contribution in [0.2, 0.25) is 0 Å². The highest BCUT2D eigenvalue weighted by molar-refractivity contribution is 7.91. The summed E-state index contributed by atoms with van der Waals surface area (Å²) in [5.74, 6) is 0.163. The van der Waals surface area contributed by atoms with Crippen LogP contribution < -0.4 is 5.73 Å². The monoisotopic (exact) mass is 241 g/mol. The third-order valence-electron chi connectivity index (χ3n) is 2.73. The maximum absolute atomic E-state index is 12.0. The van der Waals surface area contributed by atoms with E-state index in [9.17, 15) is 8.42 Å². The fourth-order valence-electron chi connectivity index (χ4n) is 1.54. The maximum Gasteiger partial charge on any atom is 0.157 e. The summed E-state index contributed by atoms with van der Waals surface area (Å²) in [6.45, 7) is 3.99. The number of nitrogens with two attached hydrogens (primary N) is 1. The molecule has 0 fully saturated rings. The molecule has 0 aromatic heterocycles. The van der Waals surface area contributed by atoms with Crippen molar-refractivity contribution in [3.8, 4) is 0 Å². The van der Waals surface area contributed by atoms with E-state index < -0.39 is 15.1 Å². The minimum atomic E-state index is -3.10. The quantitative estimate of drug-likeness (QED) is 0.854. The van der Waals surface area contributed by atoms with Gasteiger partial charge in [-0.3, -0.25) is 0 Å². The normalized spacial score (nSPS) is 15.7. The minimum Gasteiger partial charge on any atom is -0.330 e. The first-order valence-corrected chi connectivity index (χ1v) is 7.15. The molecule has 0 aliphatic heterocycles. The lowest BCUT2D eigenvalue weighted by molar-refractivity contribution is 0.564. The van der Waals surface area contributed by atoms with Crippen LogP contribution >= 0.6 is 0 Å². The van der Waals surface area contributed by atoms with Crippen LogP contribution in [0.1, 0.15) is 24.7 Å². The summed E-state index contributed by atoms with van der Waals surface area (Å²) in [4.78, 5) is 0. The summed E-state index contributed by atoms with van der Waals surface area (Å²) in [6, 6.07) is 9.28. The molecule has 0 saturated carbocycles. The standard InChI is InChI=1S/C12H19NO2S/c1-10(8-13)9-16(14,15)11(2)12-6-4-3-5-7-12/h3-7,10-11H,8-9,13H2,1-2H3. The van der Waals surface area contributed by atoms with E-state index in [0.717, 1.165) is 5.56 Å². The van der Waals surface area contributed by atoms with Gasteiger partial charge in [-0.1, -0.05) is 37.3 Å². The van der Waals surface area contributed by atoms with Gasteiger partial charge in [0.15, 0.2) is 9.84 Å². The van der Waals surface area contributed by atoms with Crippen LogP contribution in [-0.4, -0.2) is 20.7 Å². The molecule has 0 amide bonds. The molecule has 0 spiro atoms. The van der Waals surface area contributed by atoms with Crippen molar-refractivity contribution in [3.63, 3.8) is 0 Å². The van der Waals surface area contributed by atoms with E-state index >= 15 is 0 Å². The van der Waals surface area contributed by atoms with Crippen molar-refractivity contribution in [2.75, 3.05) is 12.3 Å². The Kier molecular flexibility index (Phi) is 4.50. The highest BCUT2D eigenvalue weighted by Gasteiger charge is 2.24. The van der Waals surface area contributed by atoms with Gasteiger partial charge in [0.2, 0.25) is 0 Å². The molecule has 4 heteroatoms. The lowest BCUT2D eigenvalue weighted by Crippen LogP contribution is -2.24. The molecule has 0 aliphatic rings. The molecular weight excluding hydrogens is 222 g/mol. The van der Waals surface area contributed by atoms with Crippen molar-refractivity contribution in [1.82, 2.24) is 0 Å². The number of rotatable bonds is 5. The predicted octanol–water partition coefficient (Wildman–Crippen LogP) is 1.76. The van der Waals surface area contributed by atoms with Crippen molar-refractivity contribution in [1.29, 1.82) is 0 Å². The largest absolute Gasteiger partial charge is 0.330 e. The average molecular weight is 241 g/mol. The molecule has 2 atom stereocenters. The van der Waals surface area contributed by atoms with Gasteiger partial charge in [-0.25, -0.2) is 8.42 Å². The molecule has 1 aromatic carbocycles. The van der Waals surface area contributed by atoms with E-state index in [0.29, 0.717) is 6.54 Å². The molecule has 1 aromatic rings. The topological polar surface area (TPSA) is 60.2 Å². The predicted molar refractivity (Wildman–Crippen MR) is 66.9 cm³/mol. The molecule has 0 aliphatic carbocycles. The van der Waals surface area contributed by atoms with E-state index in [1.165, 1.54) is 0 Å². The van der Waals surface area contributed by atoms with Crippen molar-refractivity contribution in [2.45, 2.75) is 19.1 Å². The van der Waals surface area contributed by atoms with E-state index in [-0.39, 0.29) is 11.7 Å². The first-order chi connectivity index (χ1) is 7.47. The lowest BCUT2D eigenvalue weighted by Gasteiger charge is -2.16. The summed E-state index contributed by atoms with van der Waals surface area (Å²) in [5.41, 5.74) is 6.29. The van der Waals surface area contributed by atoms with Crippen LogP contribution in [0.15, 0.2) is 30.3 Å². The molecule has 2 unspecified atom stereocenters. The van der Waals surface area contributed by atoms with Gasteiger partial charge in [-0.2, -0.15) is 0 Å². The molecule has 2 N–H and O–H groups in total. The number of benzene rings is 1. The highest BCUT2D eigenvalue weighted by Crippen LogP contribution is 2.23. The van der Waals surface area contributed by atoms with Gasteiger partial charge in [0.1, 0.15) is 0 Å². The number of hydrogen-bond donors (Lipinski definition) is 1. The van der Waals surface area contributed by atoms with Gasteiger partial charge in [0, 0.05) is 0 Å². The zero-order valence-corrected chi connectivity index (χ0v) is 10.6.